The molecule has 1 aromatic heterocycles. The number of carbonyl (C=O) groups excluding carboxylic acids is 1. The molecule has 1 rings (SSSR count). The third-order valence-electron chi connectivity index (χ3n) is 2.19. The van der Waals surface area contributed by atoms with E-state index < -0.39 is 6.04 Å². The van der Waals surface area contributed by atoms with Gasteiger partial charge in [0.05, 0.1) is 6.04 Å². The maximum atomic E-state index is 11.6. The van der Waals surface area contributed by atoms with E-state index in [-0.39, 0.29) is 11.8 Å². The normalized spacial score (nSPS) is 12.6. The molecule has 1 heterocycles. The quantitative estimate of drug-likeness (QED) is 0.785. The van der Waals surface area contributed by atoms with Crippen LogP contribution in [-0.2, 0) is 4.79 Å². The van der Waals surface area contributed by atoms with Crippen molar-refractivity contribution in [3.05, 3.63) is 24.0 Å². The van der Waals surface area contributed by atoms with Crippen LogP contribution in [0.25, 0.3) is 0 Å². The first kappa shape index (κ1) is 11.7. The number of nitrogens with zero attached hydrogens (tertiary/aromatic N) is 1. The molecule has 0 fully saturated rings. The van der Waals surface area contributed by atoms with Crippen LogP contribution in [0, 0.1) is 12.8 Å². The number of amides is 1. The van der Waals surface area contributed by atoms with Crippen molar-refractivity contribution in [3.8, 4) is 0 Å². The molecule has 1 amide bonds. The van der Waals surface area contributed by atoms with Crippen molar-refractivity contribution in [2.45, 2.75) is 26.8 Å². The lowest BCUT2D eigenvalue weighted by Crippen LogP contribution is -2.39. The van der Waals surface area contributed by atoms with Gasteiger partial charge in [-0.3, -0.25) is 9.78 Å². The molecule has 1 atom stereocenters. The topological polar surface area (TPSA) is 68.0 Å². The molecule has 3 N–H and O–H groups in total. The molecule has 0 aliphatic heterocycles. The first-order valence-electron chi connectivity index (χ1n) is 5.00. The second-order valence-electron chi connectivity index (χ2n) is 3.94. The Morgan fingerprint density at radius 3 is 2.73 bits per heavy atom. The zero-order valence-electron chi connectivity index (χ0n) is 9.32. The summed E-state index contributed by atoms with van der Waals surface area (Å²) in [5.74, 6) is -0.0245. The molecular weight excluding hydrogens is 190 g/mol. The van der Waals surface area contributed by atoms with Crippen molar-refractivity contribution in [2.75, 3.05) is 5.32 Å². The third-order valence-corrected chi connectivity index (χ3v) is 2.19. The zero-order valence-corrected chi connectivity index (χ0v) is 9.32. The average Bonchev–Trinajstić information content (AvgIpc) is 2.16. The van der Waals surface area contributed by atoms with Crippen LogP contribution in [-0.4, -0.2) is 16.9 Å². The van der Waals surface area contributed by atoms with Gasteiger partial charge in [-0.15, -0.1) is 0 Å². The maximum absolute atomic E-state index is 11.6. The predicted molar refractivity (Wildman–Crippen MR) is 60.4 cm³/mol. The maximum Gasteiger partial charge on any atom is 0.241 e. The van der Waals surface area contributed by atoms with Gasteiger partial charge in [0, 0.05) is 17.6 Å². The largest absolute Gasteiger partial charge is 0.325 e. The van der Waals surface area contributed by atoms with Gasteiger partial charge < -0.3 is 11.1 Å². The smallest absolute Gasteiger partial charge is 0.241 e. The Kier molecular flexibility index (Phi) is 3.80. The van der Waals surface area contributed by atoms with Crippen molar-refractivity contribution in [1.29, 1.82) is 0 Å². The summed E-state index contributed by atoms with van der Waals surface area (Å²) >= 11 is 0. The number of carbonyl (C=O) groups is 1. The minimum atomic E-state index is -0.474. The minimum Gasteiger partial charge on any atom is -0.325 e. The van der Waals surface area contributed by atoms with E-state index in [1.807, 2.05) is 26.8 Å². The average molecular weight is 207 g/mol. The first-order valence-corrected chi connectivity index (χ1v) is 5.00. The molecule has 0 aliphatic carbocycles. The van der Waals surface area contributed by atoms with Gasteiger partial charge >= 0.3 is 0 Å². The number of hydrogen-bond acceptors (Lipinski definition) is 3. The second-order valence-corrected chi connectivity index (χ2v) is 3.94. The van der Waals surface area contributed by atoms with E-state index in [4.69, 9.17) is 5.73 Å². The summed E-state index contributed by atoms with van der Waals surface area (Å²) in [5.41, 5.74) is 7.32. The molecular formula is C11H17N3O. The summed E-state index contributed by atoms with van der Waals surface area (Å²) in [7, 11) is 0. The van der Waals surface area contributed by atoms with Crippen LogP contribution in [0.3, 0.4) is 0 Å². The van der Waals surface area contributed by atoms with E-state index >= 15 is 0 Å². The van der Waals surface area contributed by atoms with Gasteiger partial charge in [0.15, 0.2) is 0 Å². The van der Waals surface area contributed by atoms with Gasteiger partial charge in [0.1, 0.15) is 0 Å². The number of nitrogens with two attached hydrogens (primary N) is 1. The summed E-state index contributed by atoms with van der Waals surface area (Å²) in [6, 6.07) is 3.08. The van der Waals surface area contributed by atoms with Crippen molar-refractivity contribution in [2.24, 2.45) is 11.7 Å². The van der Waals surface area contributed by atoms with Gasteiger partial charge in [-0.1, -0.05) is 13.8 Å². The predicted octanol–water partition coefficient (Wildman–Crippen LogP) is 1.31. The number of aryl methyl sites for hydroxylation is 1. The van der Waals surface area contributed by atoms with Crippen LogP contribution in [0.1, 0.15) is 19.5 Å². The van der Waals surface area contributed by atoms with E-state index in [1.54, 1.807) is 12.3 Å². The molecule has 4 heteroatoms. The first-order chi connectivity index (χ1) is 7.00. The zero-order chi connectivity index (χ0) is 11.4. The summed E-state index contributed by atoms with van der Waals surface area (Å²) in [6.45, 7) is 5.71. The van der Waals surface area contributed by atoms with Crippen molar-refractivity contribution in [3.63, 3.8) is 0 Å². The molecule has 0 aliphatic rings. The highest BCUT2D eigenvalue weighted by Crippen LogP contribution is 2.08. The highest BCUT2D eigenvalue weighted by Gasteiger charge is 2.16. The van der Waals surface area contributed by atoms with Crippen LogP contribution in [0.5, 0.6) is 0 Å². The number of rotatable bonds is 3. The van der Waals surface area contributed by atoms with Crippen molar-refractivity contribution < 1.29 is 4.79 Å². The van der Waals surface area contributed by atoms with Gasteiger partial charge in [-0.05, 0) is 25.0 Å². The molecule has 0 saturated carbocycles. The number of hydrogen-bond donors (Lipinski definition) is 2. The lowest BCUT2D eigenvalue weighted by atomic mass is 10.1. The molecule has 0 spiro atoms. The fourth-order valence-corrected chi connectivity index (χ4v) is 1.15. The van der Waals surface area contributed by atoms with Gasteiger partial charge in [-0.25, -0.2) is 0 Å². The third kappa shape index (κ3) is 3.32. The number of anilines is 1. The van der Waals surface area contributed by atoms with Crippen LogP contribution in [0.15, 0.2) is 18.3 Å². The van der Waals surface area contributed by atoms with E-state index in [2.05, 4.69) is 10.3 Å². The fourth-order valence-electron chi connectivity index (χ4n) is 1.15. The Labute approximate surface area is 89.9 Å². The number of nitrogens with one attached hydrogen (secondary N) is 1. The van der Waals surface area contributed by atoms with Crippen molar-refractivity contribution in [1.82, 2.24) is 4.98 Å². The second kappa shape index (κ2) is 4.89. The summed E-state index contributed by atoms with van der Waals surface area (Å²) in [5, 5.41) is 2.76. The molecule has 0 radical (unpaired) electrons. The van der Waals surface area contributed by atoms with Crippen LogP contribution in [0.2, 0.25) is 0 Å². The summed E-state index contributed by atoms with van der Waals surface area (Å²) < 4.78 is 0. The number of pyridine rings is 1. The Morgan fingerprint density at radius 1 is 1.53 bits per heavy atom. The lowest BCUT2D eigenvalue weighted by Gasteiger charge is -2.15. The standard InChI is InChI=1S/C11H17N3O/c1-7(2)10(12)11(15)14-9-4-5-13-8(3)6-9/h4-7,10H,12H2,1-3H3,(H,13,14,15)/t10-/m1/s1. The van der Waals surface area contributed by atoms with Crippen LogP contribution in [0.4, 0.5) is 5.69 Å². The molecule has 15 heavy (non-hydrogen) atoms. The monoisotopic (exact) mass is 207 g/mol. The molecule has 1 aromatic rings. The number of aromatic nitrogens is 1. The SMILES string of the molecule is Cc1cc(NC(=O)[C@H](N)C(C)C)ccn1. The summed E-state index contributed by atoms with van der Waals surface area (Å²) in [4.78, 5) is 15.7. The molecule has 4 nitrogen and oxygen atoms in total. The van der Waals surface area contributed by atoms with E-state index in [0.717, 1.165) is 11.4 Å². The van der Waals surface area contributed by atoms with Crippen LogP contribution >= 0.6 is 0 Å². The highest BCUT2D eigenvalue weighted by atomic mass is 16.2. The van der Waals surface area contributed by atoms with Gasteiger partial charge in [0.2, 0.25) is 5.91 Å². The van der Waals surface area contributed by atoms with Gasteiger partial charge in [-0.2, -0.15) is 0 Å². The van der Waals surface area contributed by atoms with Gasteiger partial charge in [0.25, 0.3) is 0 Å². The van der Waals surface area contributed by atoms with E-state index in [9.17, 15) is 4.79 Å². The molecule has 0 bridgehead atoms. The lowest BCUT2D eigenvalue weighted by molar-refractivity contribution is -0.118. The summed E-state index contributed by atoms with van der Waals surface area (Å²) in [6.07, 6.45) is 1.66. The molecule has 0 unspecified atom stereocenters. The molecule has 82 valence electrons. The highest BCUT2D eigenvalue weighted by molar-refractivity contribution is 5.94. The fraction of sp³-hybridized carbons (Fsp3) is 0.455. The van der Waals surface area contributed by atoms with E-state index in [1.165, 1.54) is 0 Å². The minimum absolute atomic E-state index is 0.132. The molecule has 0 aromatic carbocycles. The Balaban J connectivity index is 2.66. The molecule has 0 saturated heterocycles. The Bertz CT molecular complexity index is 349. The Morgan fingerprint density at radius 2 is 2.20 bits per heavy atom. The van der Waals surface area contributed by atoms with E-state index in [0.29, 0.717) is 0 Å². The van der Waals surface area contributed by atoms with Crippen LogP contribution < -0.4 is 11.1 Å². The Hall–Kier alpha value is -1.42. The van der Waals surface area contributed by atoms with Crippen molar-refractivity contribution >= 4 is 11.6 Å².